The highest BCUT2D eigenvalue weighted by Crippen LogP contribution is 2.39. The quantitative estimate of drug-likeness (QED) is 0.343. The molecule has 2 amide bonds. The van der Waals surface area contributed by atoms with Crippen LogP contribution in [0.4, 0.5) is 0 Å². The van der Waals surface area contributed by atoms with Crippen molar-refractivity contribution in [3.63, 3.8) is 0 Å². The number of ether oxygens (including phenoxy) is 3. The van der Waals surface area contributed by atoms with Gasteiger partial charge in [0.1, 0.15) is 0 Å². The van der Waals surface area contributed by atoms with Crippen LogP contribution in [-0.2, 0) is 14.4 Å². The molecule has 158 valence electrons. The van der Waals surface area contributed by atoms with Crippen LogP contribution in [0.5, 0.6) is 17.2 Å². The number of likely N-dealkylation sites (tertiary alicyclic amines) is 1. The fraction of sp³-hybridized carbons (Fsp3) is 0.476. The molecule has 0 spiro atoms. The van der Waals surface area contributed by atoms with E-state index in [-0.39, 0.29) is 24.7 Å². The van der Waals surface area contributed by atoms with Crippen LogP contribution in [0.25, 0.3) is 6.08 Å². The number of rotatable bonds is 11. The second-order valence-corrected chi connectivity index (χ2v) is 6.71. The summed E-state index contributed by atoms with van der Waals surface area (Å²) in [5, 5.41) is 8.63. The molecule has 0 unspecified atom stereocenters. The number of benzene rings is 1. The van der Waals surface area contributed by atoms with Crippen LogP contribution in [0.3, 0.4) is 0 Å². The van der Waals surface area contributed by atoms with Crippen molar-refractivity contribution in [2.24, 2.45) is 0 Å². The number of carbonyl (C=O) groups is 3. The Kier molecular flexibility index (Phi) is 8.06. The van der Waals surface area contributed by atoms with Gasteiger partial charge in [-0.15, -0.1) is 0 Å². The van der Waals surface area contributed by atoms with Crippen LogP contribution in [0.15, 0.2) is 17.7 Å². The van der Waals surface area contributed by atoms with Gasteiger partial charge in [0.2, 0.25) is 11.7 Å². The predicted molar refractivity (Wildman–Crippen MR) is 106 cm³/mol. The van der Waals surface area contributed by atoms with Gasteiger partial charge in [-0.1, -0.05) is 12.8 Å². The fourth-order valence-electron chi connectivity index (χ4n) is 3.25. The number of hydrogen-bond donors (Lipinski definition) is 1. The van der Waals surface area contributed by atoms with E-state index in [9.17, 15) is 14.4 Å². The third-order valence-corrected chi connectivity index (χ3v) is 4.71. The maximum Gasteiger partial charge on any atom is 0.303 e. The van der Waals surface area contributed by atoms with E-state index >= 15 is 0 Å². The number of aliphatic carboxylic acids is 1. The minimum Gasteiger partial charge on any atom is -0.493 e. The highest BCUT2D eigenvalue weighted by Gasteiger charge is 2.33. The van der Waals surface area contributed by atoms with Gasteiger partial charge in [-0.25, -0.2) is 0 Å². The molecule has 1 aromatic carbocycles. The highest BCUT2D eigenvalue weighted by molar-refractivity contribution is 6.15. The van der Waals surface area contributed by atoms with Gasteiger partial charge in [0.15, 0.2) is 11.5 Å². The monoisotopic (exact) mass is 405 g/mol. The first-order valence-corrected chi connectivity index (χ1v) is 9.48. The Morgan fingerprint density at radius 3 is 2.21 bits per heavy atom. The van der Waals surface area contributed by atoms with Gasteiger partial charge in [-0.2, -0.15) is 0 Å². The average molecular weight is 405 g/mol. The molecule has 1 saturated heterocycles. The van der Waals surface area contributed by atoms with E-state index < -0.39 is 5.97 Å². The first kappa shape index (κ1) is 22.3. The lowest BCUT2D eigenvalue weighted by molar-refractivity contribution is -0.138. The van der Waals surface area contributed by atoms with Crippen LogP contribution >= 0.6 is 0 Å². The molecule has 0 bridgehead atoms. The van der Waals surface area contributed by atoms with E-state index in [1.54, 1.807) is 18.2 Å². The van der Waals surface area contributed by atoms with Crippen molar-refractivity contribution in [1.82, 2.24) is 4.90 Å². The summed E-state index contributed by atoms with van der Waals surface area (Å²) >= 11 is 0. The van der Waals surface area contributed by atoms with Gasteiger partial charge >= 0.3 is 5.97 Å². The molecule has 1 aliphatic rings. The van der Waals surface area contributed by atoms with E-state index in [4.69, 9.17) is 19.3 Å². The number of carbonyl (C=O) groups excluding carboxylic acids is 2. The minimum absolute atomic E-state index is 0.0501. The Labute approximate surface area is 170 Å². The number of unbranched alkanes of at least 4 members (excludes halogenated alkanes) is 3. The summed E-state index contributed by atoms with van der Waals surface area (Å²) in [7, 11) is 4.53. The second kappa shape index (κ2) is 10.5. The SMILES string of the molecule is COc1cc(/C=C2\CC(=O)N(CCCCCCC(=O)O)C2=O)cc(OC)c1OC. The summed E-state index contributed by atoms with van der Waals surface area (Å²) < 4.78 is 15.9. The molecule has 0 radical (unpaired) electrons. The molecule has 0 aromatic heterocycles. The molecule has 0 saturated carbocycles. The highest BCUT2D eigenvalue weighted by atomic mass is 16.5. The number of methoxy groups -OCH3 is 3. The lowest BCUT2D eigenvalue weighted by Gasteiger charge is -2.14. The third kappa shape index (κ3) is 5.73. The first-order valence-electron chi connectivity index (χ1n) is 9.48. The van der Waals surface area contributed by atoms with E-state index in [0.717, 1.165) is 12.8 Å². The molecule has 1 heterocycles. The standard InChI is InChI=1S/C21H27NO7/c1-27-16-11-14(12-17(28-2)20(16)29-3)10-15-13-18(23)22(21(15)26)9-7-5-4-6-8-19(24)25/h10-12H,4-9,13H2,1-3H3,(H,24,25)/b15-10+. The first-order chi connectivity index (χ1) is 13.9. The molecule has 0 aliphatic carbocycles. The molecular weight excluding hydrogens is 378 g/mol. The molecule has 1 aliphatic heterocycles. The van der Waals surface area contributed by atoms with Crippen LogP contribution in [0.1, 0.15) is 44.1 Å². The van der Waals surface area contributed by atoms with Crippen molar-refractivity contribution in [2.45, 2.75) is 38.5 Å². The maximum atomic E-state index is 12.6. The number of carboxylic acid groups (broad SMARTS) is 1. The van der Waals surface area contributed by atoms with Gasteiger partial charge in [0, 0.05) is 18.5 Å². The summed E-state index contributed by atoms with van der Waals surface area (Å²) in [6.45, 7) is 0.345. The summed E-state index contributed by atoms with van der Waals surface area (Å²) in [6.07, 6.45) is 4.65. The zero-order valence-corrected chi connectivity index (χ0v) is 17.0. The van der Waals surface area contributed by atoms with Crippen LogP contribution in [0.2, 0.25) is 0 Å². The van der Waals surface area contributed by atoms with Gasteiger partial charge in [0.25, 0.3) is 5.91 Å². The maximum absolute atomic E-state index is 12.6. The Hall–Kier alpha value is -3.03. The molecule has 0 atom stereocenters. The molecule has 8 nitrogen and oxygen atoms in total. The van der Waals surface area contributed by atoms with E-state index in [0.29, 0.717) is 47.8 Å². The Morgan fingerprint density at radius 2 is 1.66 bits per heavy atom. The lowest BCUT2D eigenvalue weighted by Crippen LogP contribution is -2.30. The zero-order chi connectivity index (χ0) is 21.4. The van der Waals surface area contributed by atoms with Crippen LogP contribution in [-0.4, -0.2) is 55.7 Å². The minimum atomic E-state index is -0.809. The van der Waals surface area contributed by atoms with Crippen molar-refractivity contribution >= 4 is 23.9 Å². The van der Waals surface area contributed by atoms with Gasteiger partial charge in [-0.05, 0) is 36.6 Å². The van der Waals surface area contributed by atoms with Crippen molar-refractivity contribution < 1.29 is 33.7 Å². The van der Waals surface area contributed by atoms with Gasteiger partial charge < -0.3 is 19.3 Å². The molecular formula is C21H27NO7. The van der Waals surface area contributed by atoms with Crippen molar-refractivity contribution in [1.29, 1.82) is 0 Å². The van der Waals surface area contributed by atoms with Crippen molar-refractivity contribution in [3.8, 4) is 17.2 Å². The molecule has 2 rings (SSSR count). The summed E-state index contributed by atoms with van der Waals surface area (Å²) in [4.78, 5) is 36.7. The molecule has 1 aromatic rings. The molecule has 8 heteroatoms. The average Bonchev–Trinajstić information content (AvgIpc) is 2.96. The third-order valence-electron chi connectivity index (χ3n) is 4.71. The number of carboxylic acids is 1. The summed E-state index contributed by atoms with van der Waals surface area (Å²) in [5.41, 5.74) is 1.08. The Morgan fingerprint density at radius 1 is 1.03 bits per heavy atom. The van der Waals surface area contributed by atoms with Gasteiger partial charge in [0.05, 0.1) is 27.8 Å². The second-order valence-electron chi connectivity index (χ2n) is 6.71. The Bertz CT molecular complexity index is 775. The van der Waals surface area contributed by atoms with E-state index in [1.807, 2.05) is 0 Å². The number of amides is 2. The molecule has 1 fully saturated rings. The predicted octanol–water partition coefficient (Wildman–Crippen LogP) is 2.89. The largest absolute Gasteiger partial charge is 0.493 e. The Balaban J connectivity index is 2.05. The van der Waals surface area contributed by atoms with Crippen molar-refractivity contribution in [2.75, 3.05) is 27.9 Å². The number of imide groups is 1. The summed E-state index contributed by atoms with van der Waals surface area (Å²) in [5.74, 6) is 0.0582. The van der Waals surface area contributed by atoms with Crippen molar-refractivity contribution in [3.05, 3.63) is 23.3 Å². The van der Waals surface area contributed by atoms with E-state index in [1.165, 1.54) is 26.2 Å². The van der Waals surface area contributed by atoms with Gasteiger partial charge in [-0.3, -0.25) is 19.3 Å². The van der Waals surface area contributed by atoms with Crippen LogP contribution < -0.4 is 14.2 Å². The fourth-order valence-corrected chi connectivity index (χ4v) is 3.25. The number of hydrogen-bond acceptors (Lipinski definition) is 6. The topological polar surface area (TPSA) is 102 Å². The lowest BCUT2D eigenvalue weighted by atomic mass is 10.1. The zero-order valence-electron chi connectivity index (χ0n) is 17.0. The number of nitrogens with zero attached hydrogens (tertiary/aromatic N) is 1. The summed E-state index contributed by atoms with van der Waals surface area (Å²) in [6, 6.07) is 3.44. The smallest absolute Gasteiger partial charge is 0.303 e. The van der Waals surface area contributed by atoms with Crippen LogP contribution in [0, 0.1) is 0 Å². The molecule has 1 N–H and O–H groups in total. The molecule has 29 heavy (non-hydrogen) atoms. The van der Waals surface area contributed by atoms with E-state index in [2.05, 4.69) is 0 Å². The normalized spacial score (nSPS) is 15.1.